The van der Waals surface area contributed by atoms with Gasteiger partial charge in [-0.25, -0.2) is 4.98 Å². The molecule has 16 heavy (non-hydrogen) atoms. The van der Waals surface area contributed by atoms with E-state index in [-0.39, 0.29) is 0 Å². The number of nitriles is 1. The normalized spacial score (nSPS) is 10.2. The van der Waals surface area contributed by atoms with E-state index >= 15 is 0 Å². The van der Waals surface area contributed by atoms with Crippen LogP contribution in [-0.4, -0.2) is 16.1 Å². The van der Waals surface area contributed by atoms with Crippen LogP contribution >= 0.6 is 0 Å². The number of imidazole rings is 1. The molecule has 0 radical (unpaired) electrons. The molecule has 88 valence electrons. The quantitative estimate of drug-likeness (QED) is 0.682. The zero-order valence-corrected chi connectivity index (χ0v) is 9.95. The van der Waals surface area contributed by atoms with Crippen molar-refractivity contribution < 1.29 is 0 Å². The van der Waals surface area contributed by atoms with E-state index in [9.17, 15) is 0 Å². The van der Waals surface area contributed by atoms with Crippen molar-refractivity contribution in [2.24, 2.45) is 0 Å². The monoisotopic (exact) mass is 220 g/mol. The van der Waals surface area contributed by atoms with Crippen LogP contribution in [0.1, 0.15) is 38.3 Å². The summed E-state index contributed by atoms with van der Waals surface area (Å²) in [6.45, 7) is 5.00. The molecule has 1 aromatic heterocycles. The third-order valence-corrected chi connectivity index (χ3v) is 2.37. The fourth-order valence-electron chi connectivity index (χ4n) is 1.51. The average Bonchev–Trinajstić information content (AvgIpc) is 2.73. The highest BCUT2D eigenvalue weighted by atomic mass is 15.0. The second-order valence-electron chi connectivity index (χ2n) is 3.89. The zero-order valence-electron chi connectivity index (χ0n) is 9.95. The molecule has 0 aliphatic carbocycles. The summed E-state index contributed by atoms with van der Waals surface area (Å²) < 4.78 is 2.10. The molecule has 0 aliphatic rings. The molecule has 0 saturated carbocycles. The highest BCUT2D eigenvalue weighted by molar-refractivity contribution is 4.96. The Morgan fingerprint density at radius 2 is 2.38 bits per heavy atom. The maximum absolute atomic E-state index is 8.41. The van der Waals surface area contributed by atoms with Crippen LogP contribution < -0.4 is 5.32 Å². The van der Waals surface area contributed by atoms with Gasteiger partial charge >= 0.3 is 0 Å². The van der Waals surface area contributed by atoms with Crippen LogP contribution in [0.2, 0.25) is 0 Å². The first kappa shape index (κ1) is 12.7. The Morgan fingerprint density at radius 3 is 3.12 bits per heavy atom. The second-order valence-corrected chi connectivity index (χ2v) is 3.89. The van der Waals surface area contributed by atoms with Crippen molar-refractivity contribution in [3.05, 3.63) is 18.2 Å². The Bertz CT molecular complexity index is 324. The van der Waals surface area contributed by atoms with E-state index in [1.165, 1.54) is 0 Å². The lowest BCUT2D eigenvalue weighted by atomic mass is 10.2. The molecule has 0 unspecified atom stereocenters. The SMILES string of the molecule is CCCNCc1cn(CCCCC#N)cn1. The fourth-order valence-corrected chi connectivity index (χ4v) is 1.51. The van der Waals surface area contributed by atoms with Gasteiger partial charge < -0.3 is 9.88 Å². The number of nitrogens with zero attached hydrogens (tertiary/aromatic N) is 3. The Balaban J connectivity index is 2.20. The predicted octanol–water partition coefficient (Wildman–Crippen LogP) is 2.08. The minimum atomic E-state index is 0.652. The maximum Gasteiger partial charge on any atom is 0.0949 e. The molecule has 1 rings (SSSR count). The van der Waals surface area contributed by atoms with Crippen molar-refractivity contribution in [1.82, 2.24) is 14.9 Å². The summed E-state index contributed by atoms with van der Waals surface area (Å²) >= 11 is 0. The molecule has 1 N–H and O–H groups in total. The smallest absolute Gasteiger partial charge is 0.0949 e. The highest BCUT2D eigenvalue weighted by Gasteiger charge is 1.97. The van der Waals surface area contributed by atoms with Gasteiger partial charge in [-0.05, 0) is 25.8 Å². The van der Waals surface area contributed by atoms with Gasteiger partial charge in [0.25, 0.3) is 0 Å². The van der Waals surface area contributed by atoms with Gasteiger partial charge in [0.1, 0.15) is 0 Å². The van der Waals surface area contributed by atoms with Gasteiger partial charge in [-0.3, -0.25) is 0 Å². The van der Waals surface area contributed by atoms with Crippen LogP contribution in [0.25, 0.3) is 0 Å². The Morgan fingerprint density at radius 1 is 1.50 bits per heavy atom. The number of aryl methyl sites for hydroxylation is 1. The fraction of sp³-hybridized carbons (Fsp3) is 0.667. The number of hydrogen-bond donors (Lipinski definition) is 1. The van der Waals surface area contributed by atoms with Gasteiger partial charge in [-0.2, -0.15) is 5.26 Å². The van der Waals surface area contributed by atoms with Gasteiger partial charge in [0.15, 0.2) is 0 Å². The van der Waals surface area contributed by atoms with E-state index in [0.717, 1.165) is 44.6 Å². The molecule has 0 atom stereocenters. The lowest BCUT2D eigenvalue weighted by Crippen LogP contribution is -2.13. The van der Waals surface area contributed by atoms with Crippen LogP contribution in [0.3, 0.4) is 0 Å². The lowest BCUT2D eigenvalue weighted by molar-refractivity contribution is 0.614. The Labute approximate surface area is 97.3 Å². The van der Waals surface area contributed by atoms with Crippen molar-refractivity contribution in [2.45, 2.75) is 45.7 Å². The molecule has 0 saturated heterocycles. The molecule has 4 heteroatoms. The Hall–Kier alpha value is -1.34. The number of aromatic nitrogens is 2. The molecule has 0 bridgehead atoms. The first-order valence-corrected chi connectivity index (χ1v) is 5.95. The third kappa shape index (κ3) is 4.94. The summed E-state index contributed by atoms with van der Waals surface area (Å²) in [5, 5.41) is 11.7. The largest absolute Gasteiger partial charge is 0.337 e. The van der Waals surface area contributed by atoms with Crippen LogP contribution in [0.5, 0.6) is 0 Å². The molecule has 0 fully saturated rings. The standard InChI is InChI=1S/C12H20N4/c1-2-7-14-9-12-10-16(11-15-12)8-5-3-4-6-13/h10-11,14H,2-5,7-9H2,1H3. The van der Waals surface area contributed by atoms with E-state index in [4.69, 9.17) is 5.26 Å². The molecule has 0 amide bonds. The average molecular weight is 220 g/mol. The molecule has 0 aromatic carbocycles. The van der Waals surface area contributed by atoms with Gasteiger partial charge in [0, 0.05) is 25.7 Å². The summed E-state index contributed by atoms with van der Waals surface area (Å²) in [5.74, 6) is 0. The minimum absolute atomic E-state index is 0.652. The molecular formula is C12H20N4. The van der Waals surface area contributed by atoms with E-state index in [1.807, 2.05) is 6.33 Å². The molecule has 0 aliphatic heterocycles. The zero-order chi connectivity index (χ0) is 11.6. The molecule has 0 spiro atoms. The predicted molar refractivity (Wildman–Crippen MR) is 63.7 cm³/mol. The summed E-state index contributed by atoms with van der Waals surface area (Å²) in [6.07, 6.45) is 7.77. The van der Waals surface area contributed by atoms with E-state index in [0.29, 0.717) is 6.42 Å². The number of nitrogens with one attached hydrogen (secondary N) is 1. The number of rotatable bonds is 8. The van der Waals surface area contributed by atoms with Crippen LogP contribution in [0.4, 0.5) is 0 Å². The van der Waals surface area contributed by atoms with Crippen molar-refractivity contribution >= 4 is 0 Å². The van der Waals surface area contributed by atoms with Crippen LogP contribution in [0.15, 0.2) is 12.5 Å². The first-order valence-electron chi connectivity index (χ1n) is 5.95. The molecule has 1 heterocycles. The number of unbranched alkanes of at least 4 members (excludes halogenated alkanes) is 2. The third-order valence-electron chi connectivity index (χ3n) is 2.37. The van der Waals surface area contributed by atoms with Crippen molar-refractivity contribution in [3.63, 3.8) is 0 Å². The summed E-state index contributed by atoms with van der Waals surface area (Å²) in [4.78, 5) is 4.32. The topological polar surface area (TPSA) is 53.6 Å². The van der Waals surface area contributed by atoms with E-state index in [2.05, 4.69) is 34.1 Å². The molecule has 4 nitrogen and oxygen atoms in total. The second kappa shape index (κ2) is 7.89. The first-order chi connectivity index (χ1) is 7.86. The maximum atomic E-state index is 8.41. The van der Waals surface area contributed by atoms with Crippen LogP contribution in [-0.2, 0) is 13.1 Å². The van der Waals surface area contributed by atoms with Crippen molar-refractivity contribution in [3.8, 4) is 6.07 Å². The highest BCUT2D eigenvalue weighted by Crippen LogP contribution is 2.01. The van der Waals surface area contributed by atoms with Gasteiger partial charge in [-0.15, -0.1) is 0 Å². The minimum Gasteiger partial charge on any atom is -0.337 e. The van der Waals surface area contributed by atoms with Crippen molar-refractivity contribution in [2.75, 3.05) is 6.54 Å². The van der Waals surface area contributed by atoms with Crippen LogP contribution in [0, 0.1) is 11.3 Å². The summed E-state index contributed by atoms with van der Waals surface area (Å²) in [7, 11) is 0. The van der Waals surface area contributed by atoms with Gasteiger partial charge in [0.2, 0.25) is 0 Å². The molecule has 1 aromatic rings. The summed E-state index contributed by atoms with van der Waals surface area (Å²) in [5.41, 5.74) is 1.09. The van der Waals surface area contributed by atoms with E-state index in [1.54, 1.807) is 0 Å². The summed E-state index contributed by atoms with van der Waals surface area (Å²) in [6, 6.07) is 2.16. The Kier molecular flexibility index (Phi) is 6.28. The van der Waals surface area contributed by atoms with Gasteiger partial charge in [-0.1, -0.05) is 6.92 Å². The lowest BCUT2D eigenvalue weighted by Gasteiger charge is -2.00. The molecular weight excluding hydrogens is 200 g/mol. The van der Waals surface area contributed by atoms with Gasteiger partial charge in [0.05, 0.1) is 18.1 Å². The van der Waals surface area contributed by atoms with E-state index < -0.39 is 0 Å². The number of hydrogen-bond acceptors (Lipinski definition) is 3. The van der Waals surface area contributed by atoms with Crippen molar-refractivity contribution in [1.29, 1.82) is 5.26 Å².